The zero-order valence-electron chi connectivity index (χ0n) is 4.73. The van der Waals surface area contributed by atoms with Crippen molar-refractivity contribution in [3.05, 3.63) is 0 Å². The minimum Gasteiger partial charge on any atom is -0.243 e. The standard InChI is InChI=1S/C5H12N/c1-4-6(3)5-2/h4H,5H2,1-3H3/q+1. The Morgan fingerprint density at radius 2 is 2.17 bits per heavy atom. The molecular weight excluding hydrogens is 74.1 g/mol. The van der Waals surface area contributed by atoms with Crippen LogP contribution in [0.2, 0.25) is 0 Å². The van der Waals surface area contributed by atoms with Crippen LogP contribution in [0.4, 0.5) is 0 Å². The maximum atomic E-state index is 2.12. The van der Waals surface area contributed by atoms with E-state index >= 15 is 0 Å². The highest BCUT2D eigenvalue weighted by molar-refractivity contribution is 5.46. The highest BCUT2D eigenvalue weighted by Gasteiger charge is 1.77. The number of hydrogen-bond acceptors (Lipinski definition) is 0. The molecule has 0 aliphatic rings. The maximum absolute atomic E-state index is 2.12. The van der Waals surface area contributed by atoms with Crippen LogP contribution in [0.5, 0.6) is 0 Å². The fourth-order valence-electron chi connectivity index (χ4n) is 0.183. The van der Waals surface area contributed by atoms with E-state index in [1.165, 1.54) is 0 Å². The van der Waals surface area contributed by atoms with E-state index in [1.54, 1.807) is 0 Å². The van der Waals surface area contributed by atoms with Gasteiger partial charge in [0.05, 0.1) is 0 Å². The lowest BCUT2D eigenvalue weighted by molar-refractivity contribution is -0.488. The first kappa shape index (κ1) is 5.67. The number of hydrogen-bond donors (Lipinski definition) is 0. The molecule has 0 aromatic rings. The van der Waals surface area contributed by atoms with Crippen LogP contribution in [0.15, 0.2) is 0 Å². The second-order valence-electron chi connectivity index (χ2n) is 1.33. The summed E-state index contributed by atoms with van der Waals surface area (Å²) in [4.78, 5) is 0. The van der Waals surface area contributed by atoms with Crippen molar-refractivity contribution in [3.8, 4) is 0 Å². The molecular formula is C5H12N+. The predicted molar refractivity (Wildman–Crippen MR) is 28.5 cm³/mol. The number of nitrogens with zero attached hydrogens (tertiary/aromatic N) is 1. The summed E-state index contributed by atoms with van der Waals surface area (Å²) in [5.41, 5.74) is 0. The molecule has 0 rings (SSSR count). The molecule has 0 fully saturated rings. The van der Waals surface area contributed by atoms with Gasteiger partial charge in [-0.05, 0) is 6.92 Å². The SMILES string of the molecule is CC=[N+](C)CC. The summed E-state index contributed by atoms with van der Waals surface area (Å²) in [7, 11) is 2.06. The van der Waals surface area contributed by atoms with Crippen LogP contribution in [0.3, 0.4) is 0 Å². The summed E-state index contributed by atoms with van der Waals surface area (Å²) in [5, 5.41) is 0. The van der Waals surface area contributed by atoms with Crippen LogP contribution in [0, 0.1) is 0 Å². The van der Waals surface area contributed by atoms with Gasteiger partial charge in [-0.3, -0.25) is 0 Å². The molecule has 0 aromatic carbocycles. The predicted octanol–water partition coefficient (Wildman–Crippen LogP) is 0.739. The van der Waals surface area contributed by atoms with Gasteiger partial charge in [-0.1, -0.05) is 0 Å². The highest BCUT2D eigenvalue weighted by atomic mass is 14.9. The van der Waals surface area contributed by atoms with Crippen LogP contribution in [-0.2, 0) is 0 Å². The average molecular weight is 86.2 g/mol. The van der Waals surface area contributed by atoms with Gasteiger partial charge in [-0.15, -0.1) is 0 Å². The van der Waals surface area contributed by atoms with Crippen molar-refractivity contribution < 1.29 is 4.58 Å². The maximum Gasteiger partial charge on any atom is 0.139 e. The van der Waals surface area contributed by atoms with Gasteiger partial charge in [0.15, 0.2) is 0 Å². The molecule has 6 heavy (non-hydrogen) atoms. The minimum absolute atomic E-state index is 1.11. The monoisotopic (exact) mass is 86.1 g/mol. The van der Waals surface area contributed by atoms with Crippen molar-refractivity contribution in [2.45, 2.75) is 13.8 Å². The van der Waals surface area contributed by atoms with E-state index in [0.29, 0.717) is 0 Å². The van der Waals surface area contributed by atoms with Crippen LogP contribution in [-0.4, -0.2) is 24.4 Å². The summed E-state index contributed by atoms with van der Waals surface area (Å²) in [6.07, 6.45) is 2.06. The van der Waals surface area contributed by atoms with Crippen molar-refractivity contribution in [2.24, 2.45) is 0 Å². The molecule has 0 heterocycles. The van der Waals surface area contributed by atoms with Gasteiger partial charge in [-0.25, -0.2) is 4.58 Å². The molecule has 0 saturated heterocycles. The van der Waals surface area contributed by atoms with E-state index in [0.717, 1.165) is 6.54 Å². The lowest BCUT2D eigenvalue weighted by Gasteiger charge is -1.82. The summed E-state index contributed by atoms with van der Waals surface area (Å²) in [6, 6.07) is 0. The fraction of sp³-hybridized carbons (Fsp3) is 0.800. The van der Waals surface area contributed by atoms with Gasteiger partial charge in [-0.2, -0.15) is 0 Å². The van der Waals surface area contributed by atoms with Gasteiger partial charge in [0.1, 0.15) is 19.8 Å². The lowest BCUT2D eigenvalue weighted by Crippen LogP contribution is -2.02. The molecule has 0 unspecified atom stereocenters. The van der Waals surface area contributed by atoms with Gasteiger partial charge in [0.25, 0.3) is 0 Å². The molecule has 1 nitrogen and oxygen atoms in total. The molecule has 0 spiro atoms. The third kappa shape index (κ3) is 1.94. The smallest absolute Gasteiger partial charge is 0.139 e. The first-order chi connectivity index (χ1) is 2.81. The first-order valence-corrected chi connectivity index (χ1v) is 2.31. The van der Waals surface area contributed by atoms with Crippen molar-refractivity contribution in [1.29, 1.82) is 0 Å². The summed E-state index contributed by atoms with van der Waals surface area (Å²) >= 11 is 0. The van der Waals surface area contributed by atoms with E-state index in [-0.39, 0.29) is 0 Å². The van der Waals surface area contributed by atoms with E-state index in [2.05, 4.69) is 24.8 Å². The molecule has 0 aliphatic carbocycles. The topological polar surface area (TPSA) is 3.01 Å². The second-order valence-corrected chi connectivity index (χ2v) is 1.33. The van der Waals surface area contributed by atoms with E-state index in [9.17, 15) is 0 Å². The quantitative estimate of drug-likeness (QED) is 0.327. The Morgan fingerprint density at radius 1 is 1.67 bits per heavy atom. The van der Waals surface area contributed by atoms with Crippen molar-refractivity contribution in [1.82, 2.24) is 0 Å². The minimum atomic E-state index is 1.11. The average Bonchev–Trinajstić information content (AvgIpc) is 1.65. The molecule has 0 aliphatic heterocycles. The largest absolute Gasteiger partial charge is 0.243 e. The highest BCUT2D eigenvalue weighted by Crippen LogP contribution is 1.58. The van der Waals surface area contributed by atoms with Crippen LogP contribution in [0.1, 0.15) is 13.8 Å². The molecule has 0 N–H and O–H groups in total. The summed E-state index contributed by atoms with van der Waals surface area (Å²) < 4.78 is 2.12. The van der Waals surface area contributed by atoms with Crippen LogP contribution >= 0.6 is 0 Å². The van der Waals surface area contributed by atoms with E-state index in [1.807, 2.05) is 6.92 Å². The van der Waals surface area contributed by atoms with E-state index in [4.69, 9.17) is 0 Å². The Morgan fingerprint density at radius 3 is 2.17 bits per heavy atom. The Bertz CT molecular complexity index is 55.0. The molecule has 0 saturated carbocycles. The summed E-state index contributed by atoms with van der Waals surface area (Å²) in [5.74, 6) is 0. The molecule has 0 aromatic heterocycles. The normalized spacial score (nSPS) is 12.2. The third-order valence-electron chi connectivity index (χ3n) is 0.940. The Hall–Kier alpha value is -0.330. The Labute approximate surface area is 39.3 Å². The van der Waals surface area contributed by atoms with Crippen LogP contribution < -0.4 is 0 Å². The zero-order chi connectivity index (χ0) is 4.99. The van der Waals surface area contributed by atoms with Crippen molar-refractivity contribution in [3.63, 3.8) is 0 Å². The third-order valence-corrected chi connectivity index (χ3v) is 0.940. The molecule has 0 atom stereocenters. The van der Waals surface area contributed by atoms with Gasteiger partial charge in [0.2, 0.25) is 0 Å². The molecule has 0 radical (unpaired) electrons. The molecule has 0 bridgehead atoms. The summed E-state index contributed by atoms with van der Waals surface area (Å²) in [6.45, 7) is 5.26. The van der Waals surface area contributed by atoms with Crippen molar-refractivity contribution >= 4 is 6.21 Å². The lowest BCUT2D eigenvalue weighted by atomic mass is 10.7. The number of rotatable bonds is 1. The van der Waals surface area contributed by atoms with Gasteiger partial charge >= 0.3 is 0 Å². The second kappa shape index (κ2) is 2.88. The Kier molecular flexibility index (Phi) is 2.73. The first-order valence-electron chi connectivity index (χ1n) is 2.31. The van der Waals surface area contributed by atoms with Gasteiger partial charge in [0, 0.05) is 6.92 Å². The van der Waals surface area contributed by atoms with Crippen molar-refractivity contribution in [2.75, 3.05) is 13.6 Å². The molecule has 0 amide bonds. The van der Waals surface area contributed by atoms with E-state index < -0.39 is 0 Å². The molecule has 1 heteroatoms. The Balaban J connectivity index is 3.22. The van der Waals surface area contributed by atoms with Crippen LogP contribution in [0.25, 0.3) is 0 Å². The van der Waals surface area contributed by atoms with Gasteiger partial charge < -0.3 is 0 Å². The molecule has 36 valence electrons. The fourth-order valence-corrected chi connectivity index (χ4v) is 0.183. The zero-order valence-corrected chi connectivity index (χ0v) is 4.73.